The minimum absolute atomic E-state index is 0.0559. The van der Waals surface area contributed by atoms with E-state index in [1.54, 1.807) is 12.1 Å². The van der Waals surface area contributed by atoms with Gasteiger partial charge in [-0.15, -0.1) is 0 Å². The van der Waals surface area contributed by atoms with Crippen molar-refractivity contribution >= 4 is 11.8 Å². The second kappa shape index (κ2) is 7.94. The summed E-state index contributed by atoms with van der Waals surface area (Å²) in [5.41, 5.74) is 6.36. The zero-order valence-electron chi connectivity index (χ0n) is 13.1. The molecule has 0 aliphatic carbocycles. The number of amides is 2. The average Bonchev–Trinajstić information content (AvgIpc) is 2.53. The first-order valence-electron chi connectivity index (χ1n) is 7.93. The summed E-state index contributed by atoms with van der Waals surface area (Å²) in [6.07, 6.45) is 2.41. The lowest BCUT2D eigenvalue weighted by molar-refractivity contribution is -0.133. The molecule has 1 saturated heterocycles. The van der Waals surface area contributed by atoms with E-state index in [2.05, 4.69) is 5.32 Å². The molecule has 2 unspecified atom stereocenters. The van der Waals surface area contributed by atoms with Crippen LogP contribution in [0.1, 0.15) is 36.5 Å². The van der Waals surface area contributed by atoms with Crippen molar-refractivity contribution in [2.45, 2.75) is 32.2 Å². The van der Waals surface area contributed by atoms with Gasteiger partial charge in [0.1, 0.15) is 0 Å². The highest BCUT2D eigenvalue weighted by Crippen LogP contribution is 2.17. The summed E-state index contributed by atoms with van der Waals surface area (Å²) in [5, 5.41) is 2.97. The van der Waals surface area contributed by atoms with E-state index >= 15 is 0 Å². The van der Waals surface area contributed by atoms with Crippen molar-refractivity contribution in [3.63, 3.8) is 0 Å². The first-order valence-corrected chi connectivity index (χ1v) is 7.93. The topological polar surface area (TPSA) is 75.4 Å². The van der Waals surface area contributed by atoms with Gasteiger partial charge >= 0.3 is 0 Å². The molecule has 2 rings (SSSR count). The number of nitrogens with one attached hydrogen (secondary N) is 1. The van der Waals surface area contributed by atoms with Gasteiger partial charge in [0.25, 0.3) is 5.91 Å². The first kappa shape index (κ1) is 16.5. The SMILES string of the molecule is CC(N)CC(=O)N1CCCC(CNC(=O)c2ccccc2)C1. The van der Waals surface area contributed by atoms with Gasteiger partial charge in [0.15, 0.2) is 0 Å². The van der Waals surface area contributed by atoms with Crippen molar-refractivity contribution in [1.82, 2.24) is 10.2 Å². The zero-order valence-corrected chi connectivity index (χ0v) is 13.1. The van der Waals surface area contributed by atoms with E-state index < -0.39 is 0 Å². The van der Waals surface area contributed by atoms with E-state index in [0.717, 1.165) is 19.4 Å². The van der Waals surface area contributed by atoms with Gasteiger partial charge in [-0.05, 0) is 37.8 Å². The summed E-state index contributed by atoms with van der Waals surface area (Å²) in [4.78, 5) is 26.0. The Morgan fingerprint density at radius 3 is 2.77 bits per heavy atom. The fourth-order valence-corrected chi connectivity index (χ4v) is 2.79. The van der Waals surface area contributed by atoms with Crippen molar-refractivity contribution in [3.05, 3.63) is 35.9 Å². The predicted octanol–water partition coefficient (Wildman–Crippen LogP) is 1.39. The third kappa shape index (κ3) is 4.84. The van der Waals surface area contributed by atoms with Gasteiger partial charge in [-0.3, -0.25) is 9.59 Å². The summed E-state index contributed by atoms with van der Waals surface area (Å²) < 4.78 is 0. The van der Waals surface area contributed by atoms with E-state index in [-0.39, 0.29) is 17.9 Å². The third-order valence-corrected chi connectivity index (χ3v) is 3.96. The Balaban J connectivity index is 1.81. The van der Waals surface area contributed by atoms with Crippen molar-refractivity contribution in [2.75, 3.05) is 19.6 Å². The van der Waals surface area contributed by atoms with Gasteiger partial charge in [-0.2, -0.15) is 0 Å². The van der Waals surface area contributed by atoms with Crippen LogP contribution in [-0.2, 0) is 4.79 Å². The fraction of sp³-hybridized carbons (Fsp3) is 0.529. The lowest BCUT2D eigenvalue weighted by atomic mass is 9.97. The lowest BCUT2D eigenvalue weighted by Gasteiger charge is -2.33. The van der Waals surface area contributed by atoms with Crippen LogP contribution < -0.4 is 11.1 Å². The molecule has 1 aliphatic rings. The lowest BCUT2D eigenvalue weighted by Crippen LogP contribution is -2.44. The first-order chi connectivity index (χ1) is 10.6. The molecular weight excluding hydrogens is 278 g/mol. The molecule has 0 spiro atoms. The molecule has 2 atom stereocenters. The number of carbonyl (C=O) groups is 2. The van der Waals surface area contributed by atoms with Crippen molar-refractivity contribution in [2.24, 2.45) is 11.7 Å². The Bertz CT molecular complexity index is 502. The molecule has 1 heterocycles. The summed E-state index contributed by atoms with van der Waals surface area (Å²) in [7, 11) is 0. The molecule has 2 amide bonds. The van der Waals surface area contributed by atoms with Crippen LogP contribution in [0, 0.1) is 5.92 Å². The molecule has 1 aliphatic heterocycles. The zero-order chi connectivity index (χ0) is 15.9. The van der Waals surface area contributed by atoms with Gasteiger partial charge in [-0.25, -0.2) is 0 Å². The van der Waals surface area contributed by atoms with Crippen LogP contribution >= 0.6 is 0 Å². The molecule has 5 heteroatoms. The highest BCUT2D eigenvalue weighted by molar-refractivity contribution is 5.94. The molecule has 5 nitrogen and oxygen atoms in total. The molecule has 1 aromatic carbocycles. The molecule has 22 heavy (non-hydrogen) atoms. The number of hydrogen-bond donors (Lipinski definition) is 2. The van der Waals surface area contributed by atoms with Crippen LogP contribution in [0.3, 0.4) is 0 Å². The van der Waals surface area contributed by atoms with Gasteiger partial charge in [-0.1, -0.05) is 18.2 Å². The van der Waals surface area contributed by atoms with Crippen LogP contribution in [0.2, 0.25) is 0 Å². The van der Waals surface area contributed by atoms with Crippen LogP contribution in [0.5, 0.6) is 0 Å². The largest absolute Gasteiger partial charge is 0.352 e. The number of nitrogens with two attached hydrogens (primary N) is 1. The predicted molar refractivity (Wildman–Crippen MR) is 86.3 cm³/mol. The number of hydrogen-bond acceptors (Lipinski definition) is 3. The maximum absolute atomic E-state index is 12.1. The number of likely N-dealkylation sites (tertiary alicyclic amines) is 1. The highest BCUT2D eigenvalue weighted by atomic mass is 16.2. The summed E-state index contributed by atoms with van der Waals surface area (Å²) >= 11 is 0. The average molecular weight is 303 g/mol. The van der Waals surface area contributed by atoms with Crippen LogP contribution in [-0.4, -0.2) is 42.4 Å². The van der Waals surface area contributed by atoms with E-state index in [4.69, 9.17) is 5.73 Å². The number of piperidine rings is 1. The van der Waals surface area contributed by atoms with Crippen LogP contribution in [0.15, 0.2) is 30.3 Å². The molecule has 0 aromatic heterocycles. The number of rotatable bonds is 5. The van der Waals surface area contributed by atoms with E-state index in [0.29, 0.717) is 31.0 Å². The number of carbonyl (C=O) groups excluding carboxylic acids is 2. The Morgan fingerprint density at radius 2 is 2.09 bits per heavy atom. The number of nitrogens with zero attached hydrogens (tertiary/aromatic N) is 1. The van der Waals surface area contributed by atoms with Crippen molar-refractivity contribution in [3.8, 4) is 0 Å². The van der Waals surface area contributed by atoms with E-state index in [9.17, 15) is 9.59 Å². The molecule has 3 N–H and O–H groups in total. The second-order valence-corrected chi connectivity index (χ2v) is 6.11. The molecule has 120 valence electrons. The Labute approximate surface area is 131 Å². The molecule has 1 aromatic rings. The van der Waals surface area contributed by atoms with Gasteiger partial charge in [0, 0.05) is 37.7 Å². The normalized spacial score (nSPS) is 19.5. The summed E-state index contributed by atoms with van der Waals surface area (Å²) in [6.45, 7) is 3.96. The number of benzene rings is 1. The standard InChI is InChI=1S/C17H25N3O2/c1-13(18)10-16(21)20-9-5-6-14(12-20)11-19-17(22)15-7-3-2-4-8-15/h2-4,7-8,13-14H,5-6,9-12,18H2,1H3,(H,19,22). The fourth-order valence-electron chi connectivity index (χ4n) is 2.79. The third-order valence-electron chi connectivity index (χ3n) is 3.96. The van der Waals surface area contributed by atoms with Crippen LogP contribution in [0.4, 0.5) is 0 Å². The summed E-state index contributed by atoms with van der Waals surface area (Å²) in [6, 6.07) is 9.09. The molecule has 0 bridgehead atoms. The Hall–Kier alpha value is -1.88. The van der Waals surface area contributed by atoms with Crippen molar-refractivity contribution in [1.29, 1.82) is 0 Å². The molecular formula is C17H25N3O2. The molecule has 0 saturated carbocycles. The van der Waals surface area contributed by atoms with Gasteiger partial charge in [0.2, 0.25) is 5.91 Å². The Kier molecular flexibility index (Phi) is 5.95. The second-order valence-electron chi connectivity index (χ2n) is 6.11. The quantitative estimate of drug-likeness (QED) is 0.863. The maximum Gasteiger partial charge on any atom is 0.251 e. The van der Waals surface area contributed by atoms with E-state index in [1.165, 1.54) is 0 Å². The van der Waals surface area contributed by atoms with Crippen LogP contribution in [0.25, 0.3) is 0 Å². The Morgan fingerprint density at radius 1 is 1.36 bits per heavy atom. The smallest absolute Gasteiger partial charge is 0.251 e. The van der Waals surface area contributed by atoms with Gasteiger partial charge in [0.05, 0.1) is 0 Å². The molecule has 1 fully saturated rings. The summed E-state index contributed by atoms with van der Waals surface area (Å²) in [5.74, 6) is 0.382. The van der Waals surface area contributed by atoms with E-state index in [1.807, 2.05) is 30.0 Å². The van der Waals surface area contributed by atoms with Gasteiger partial charge < -0.3 is 16.0 Å². The minimum atomic E-state index is -0.106. The van der Waals surface area contributed by atoms with Crippen molar-refractivity contribution < 1.29 is 9.59 Å². The maximum atomic E-state index is 12.1. The highest BCUT2D eigenvalue weighted by Gasteiger charge is 2.24. The molecule has 0 radical (unpaired) electrons. The monoisotopic (exact) mass is 303 g/mol. The minimum Gasteiger partial charge on any atom is -0.352 e.